The topological polar surface area (TPSA) is 101 Å². The van der Waals surface area contributed by atoms with E-state index in [4.69, 9.17) is 5.73 Å². The Morgan fingerprint density at radius 1 is 0.962 bits per heavy atom. The molecule has 3 amide bonds. The highest BCUT2D eigenvalue weighted by molar-refractivity contribution is 5.96. The standard InChI is InChI=1S/C20H23N3O3/c1-14(16-5-3-2-4-6-16)11-19(25)22-12-15-7-9-17(10-8-15)20(26)23-13-18(21)24/h2-10,14H,11-13H2,1H3,(H2,21,24)(H,22,25)(H,23,26)/t14-/m1/s1. The third-order valence-corrected chi connectivity index (χ3v) is 3.99. The van der Waals surface area contributed by atoms with Gasteiger partial charge in [-0.3, -0.25) is 14.4 Å². The molecule has 0 spiro atoms. The summed E-state index contributed by atoms with van der Waals surface area (Å²) in [4.78, 5) is 34.6. The third kappa shape index (κ3) is 6.05. The maximum atomic E-state index is 12.1. The van der Waals surface area contributed by atoms with E-state index in [2.05, 4.69) is 10.6 Å². The summed E-state index contributed by atoms with van der Waals surface area (Å²) in [6, 6.07) is 16.7. The van der Waals surface area contributed by atoms with Crippen LogP contribution in [0.2, 0.25) is 0 Å². The van der Waals surface area contributed by atoms with Gasteiger partial charge in [-0.25, -0.2) is 0 Å². The number of amides is 3. The number of carbonyl (C=O) groups excluding carboxylic acids is 3. The van der Waals surface area contributed by atoms with Gasteiger partial charge in [0.25, 0.3) is 5.91 Å². The van der Waals surface area contributed by atoms with Crippen LogP contribution in [0.4, 0.5) is 0 Å². The summed E-state index contributed by atoms with van der Waals surface area (Å²) in [5.41, 5.74) is 7.44. The van der Waals surface area contributed by atoms with Gasteiger partial charge >= 0.3 is 0 Å². The fourth-order valence-corrected chi connectivity index (χ4v) is 2.49. The van der Waals surface area contributed by atoms with E-state index in [-0.39, 0.29) is 24.3 Å². The van der Waals surface area contributed by atoms with Crippen LogP contribution in [-0.2, 0) is 16.1 Å². The van der Waals surface area contributed by atoms with Crippen LogP contribution < -0.4 is 16.4 Å². The van der Waals surface area contributed by atoms with Gasteiger partial charge in [0.05, 0.1) is 6.54 Å². The minimum atomic E-state index is -0.595. The van der Waals surface area contributed by atoms with Gasteiger partial charge in [0.2, 0.25) is 11.8 Å². The van der Waals surface area contributed by atoms with E-state index in [1.165, 1.54) is 0 Å². The molecule has 6 heteroatoms. The maximum absolute atomic E-state index is 12.1. The molecule has 136 valence electrons. The molecular weight excluding hydrogens is 330 g/mol. The van der Waals surface area contributed by atoms with Crippen molar-refractivity contribution in [3.8, 4) is 0 Å². The highest BCUT2D eigenvalue weighted by Gasteiger charge is 2.11. The fourth-order valence-electron chi connectivity index (χ4n) is 2.49. The predicted molar refractivity (Wildman–Crippen MR) is 99.3 cm³/mol. The van der Waals surface area contributed by atoms with Crippen LogP contribution in [0.1, 0.15) is 40.7 Å². The Kier molecular flexibility index (Phi) is 6.91. The lowest BCUT2D eigenvalue weighted by Gasteiger charge is -2.12. The third-order valence-electron chi connectivity index (χ3n) is 3.99. The Bertz CT molecular complexity index is 758. The zero-order chi connectivity index (χ0) is 18.9. The van der Waals surface area contributed by atoms with Crippen LogP contribution in [0.25, 0.3) is 0 Å². The molecule has 1 atom stereocenters. The Hall–Kier alpha value is -3.15. The SMILES string of the molecule is C[C@H](CC(=O)NCc1ccc(C(=O)NCC(N)=O)cc1)c1ccccc1. The number of nitrogens with one attached hydrogen (secondary N) is 2. The number of hydrogen-bond donors (Lipinski definition) is 3. The second kappa shape index (κ2) is 9.36. The first-order valence-corrected chi connectivity index (χ1v) is 8.43. The van der Waals surface area contributed by atoms with Gasteiger partial charge in [0.1, 0.15) is 0 Å². The average molecular weight is 353 g/mol. The van der Waals surface area contributed by atoms with Crippen LogP contribution >= 0.6 is 0 Å². The van der Waals surface area contributed by atoms with Crippen molar-refractivity contribution in [3.05, 3.63) is 71.3 Å². The predicted octanol–water partition coefficient (Wildman–Crippen LogP) is 1.71. The molecule has 4 N–H and O–H groups in total. The van der Waals surface area contributed by atoms with E-state index in [9.17, 15) is 14.4 Å². The van der Waals surface area contributed by atoms with Crippen molar-refractivity contribution in [1.29, 1.82) is 0 Å². The average Bonchev–Trinajstić information content (AvgIpc) is 2.65. The zero-order valence-corrected chi connectivity index (χ0v) is 14.7. The maximum Gasteiger partial charge on any atom is 0.251 e. The summed E-state index contributed by atoms with van der Waals surface area (Å²) < 4.78 is 0. The molecule has 26 heavy (non-hydrogen) atoms. The first kappa shape index (κ1) is 19.2. The second-order valence-electron chi connectivity index (χ2n) is 6.14. The molecule has 0 heterocycles. The number of hydrogen-bond acceptors (Lipinski definition) is 3. The lowest BCUT2D eigenvalue weighted by Crippen LogP contribution is -2.33. The summed E-state index contributed by atoms with van der Waals surface area (Å²) in [6.07, 6.45) is 0.414. The van der Waals surface area contributed by atoms with E-state index in [0.29, 0.717) is 18.5 Å². The number of benzene rings is 2. The van der Waals surface area contributed by atoms with Crippen molar-refractivity contribution in [2.45, 2.75) is 25.8 Å². The first-order valence-electron chi connectivity index (χ1n) is 8.43. The molecule has 0 aromatic heterocycles. The van der Waals surface area contributed by atoms with Gasteiger partial charge < -0.3 is 16.4 Å². The molecule has 0 unspecified atom stereocenters. The van der Waals surface area contributed by atoms with E-state index in [1.807, 2.05) is 37.3 Å². The summed E-state index contributed by atoms with van der Waals surface area (Å²) in [6.45, 7) is 2.22. The molecule has 2 rings (SSSR count). The Morgan fingerprint density at radius 3 is 2.23 bits per heavy atom. The van der Waals surface area contributed by atoms with Crippen molar-refractivity contribution < 1.29 is 14.4 Å². The Labute approximate surface area is 152 Å². The lowest BCUT2D eigenvalue weighted by atomic mass is 9.97. The number of nitrogens with two attached hydrogens (primary N) is 1. The molecule has 0 saturated heterocycles. The smallest absolute Gasteiger partial charge is 0.251 e. The van der Waals surface area contributed by atoms with Crippen LogP contribution in [0, 0.1) is 0 Å². The second-order valence-corrected chi connectivity index (χ2v) is 6.14. The number of primary amides is 1. The van der Waals surface area contributed by atoms with Crippen molar-refractivity contribution in [2.75, 3.05) is 6.54 Å². The molecule has 2 aromatic rings. The van der Waals surface area contributed by atoms with Gasteiger partial charge in [0.15, 0.2) is 0 Å². The van der Waals surface area contributed by atoms with Gasteiger partial charge in [-0.05, 0) is 29.2 Å². The molecule has 0 saturated carbocycles. The van der Waals surface area contributed by atoms with E-state index in [0.717, 1.165) is 11.1 Å². The monoisotopic (exact) mass is 353 g/mol. The minimum absolute atomic E-state index is 0.0235. The fraction of sp³-hybridized carbons (Fsp3) is 0.250. The summed E-state index contributed by atoms with van der Waals surface area (Å²) >= 11 is 0. The van der Waals surface area contributed by atoms with E-state index < -0.39 is 5.91 Å². The molecule has 0 fully saturated rings. The summed E-state index contributed by atoms with van der Waals surface area (Å²) in [7, 11) is 0. The zero-order valence-electron chi connectivity index (χ0n) is 14.7. The molecular formula is C20H23N3O3. The minimum Gasteiger partial charge on any atom is -0.368 e. The van der Waals surface area contributed by atoms with Crippen LogP contribution in [0.3, 0.4) is 0 Å². The summed E-state index contributed by atoms with van der Waals surface area (Å²) in [5.74, 6) is -0.837. The largest absolute Gasteiger partial charge is 0.368 e. The Balaban J connectivity index is 1.81. The van der Waals surface area contributed by atoms with Gasteiger partial charge in [-0.1, -0.05) is 49.4 Å². The molecule has 0 radical (unpaired) electrons. The van der Waals surface area contributed by atoms with E-state index >= 15 is 0 Å². The number of rotatable bonds is 8. The van der Waals surface area contributed by atoms with Crippen LogP contribution in [-0.4, -0.2) is 24.3 Å². The van der Waals surface area contributed by atoms with Gasteiger partial charge in [-0.15, -0.1) is 0 Å². The highest BCUT2D eigenvalue weighted by atomic mass is 16.2. The normalized spacial score (nSPS) is 11.4. The van der Waals surface area contributed by atoms with Gasteiger partial charge in [0, 0.05) is 18.5 Å². The van der Waals surface area contributed by atoms with Crippen molar-refractivity contribution >= 4 is 17.7 Å². The summed E-state index contributed by atoms with van der Waals surface area (Å²) in [5, 5.41) is 5.31. The molecule has 0 aliphatic rings. The molecule has 0 bridgehead atoms. The highest BCUT2D eigenvalue weighted by Crippen LogP contribution is 2.18. The Morgan fingerprint density at radius 2 is 1.62 bits per heavy atom. The quantitative estimate of drug-likeness (QED) is 0.673. The van der Waals surface area contributed by atoms with Crippen LogP contribution in [0.15, 0.2) is 54.6 Å². The molecule has 6 nitrogen and oxygen atoms in total. The van der Waals surface area contributed by atoms with Crippen molar-refractivity contribution in [3.63, 3.8) is 0 Å². The first-order chi connectivity index (χ1) is 12.5. The molecule has 0 aliphatic heterocycles. The van der Waals surface area contributed by atoms with E-state index in [1.54, 1.807) is 24.3 Å². The lowest BCUT2D eigenvalue weighted by molar-refractivity contribution is -0.121. The van der Waals surface area contributed by atoms with Crippen molar-refractivity contribution in [2.24, 2.45) is 5.73 Å². The molecule has 2 aromatic carbocycles. The number of carbonyl (C=O) groups is 3. The molecule has 0 aliphatic carbocycles. The van der Waals surface area contributed by atoms with Crippen molar-refractivity contribution in [1.82, 2.24) is 10.6 Å². The van der Waals surface area contributed by atoms with Crippen LogP contribution in [0.5, 0.6) is 0 Å². The van der Waals surface area contributed by atoms with Gasteiger partial charge in [-0.2, -0.15) is 0 Å².